The maximum atomic E-state index is 11.5. The zero-order valence-electron chi connectivity index (χ0n) is 13.9. The molecule has 6 N–H and O–H groups in total. The summed E-state index contributed by atoms with van der Waals surface area (Å²) in [4.78, 5) is 15.9. The van der Waals surface area contributed by atoms with E-state index >= 15 is 0 Å². The third-order valence-electron chi connectivity index (χ3n) is 3.38. The van der Waals surface area contributed by atoms with E-state index in [1.165, 1.54) is 51.9 Å². The molecule has 0 aromatic carbocycles. The smallest absolute Gasteiger partial charge is 0.367 e. The van der Waals surface area contributed by atoms with Gasteiger partial charge in [0.25, 0.3) is 0 Å². The van der Waals surface area contributed by atoms with E-state index in [4.69, 9.17) is 11.5 Å². The van der Waals surface area contributed by atoms with Crippen LogP contribution in [0.2, 0.25) is 0 Å². The second-order valence-corrected chi connectivity index (χ2v) is 5.72. The minimum atomic E-state index is -1.79. The molecule has 0 aliphatic carbocycles. The van der Waals surface area contributed by atoms with Gasteiger partial charge in [-0.05, 0) is 25.0 Å². The third-order valence-corrected chi connectivity index (χ3v) is 3.38. The van der Waals surface area contributed by atoms with Crippen LogP contribution in [0.1, 0.15) is 71.6 Å². The summed E-state index contributed by atoms with van der Waals surface area (Å²) in [7, 11) is 0. The fourth-order valence-corrected chi connectivity index (χ4v) is 2.02. The lowest BCUT2D eigenvalue weighted by Gasteiger charge is -2.20. The molecule has 0 saturated carbocycles. The zero-order valence-corrected chi connectivity index (χ0v) is 13.9. The van der Waals surface area contributed by atoms with Gasteiger partial charge in [0.1, 0.15) is 0 Å². The molecule has 22 heavy (non-hydrogen) atoms. The lowest BCUT2D eigenvalue weighted by Crippen LogP contribution is -2.50. The molecule has 0 radical (unpaired) electrons. The van der Waals surface area contributed by atoms with Gasteiger partial charge in [-0.1, -0.05) is 58.3 Å². The fraction of sp³-hybridized carbons (Fsp3) is 0.867. The first-order valence-electron chi connectivity index (χ1n) is 8.18. The normalized spacial score (nSPS) is 13.4. The highest BCUT2D eigenvalue weighted by Gasteiger charge is 2.31. The Labute approximate surface area is 133 Å². The minimum Gasteiger partial charge on any atom is -0.367 e. The van der Waals surface area contributed by atoms with Crippen molar-refractivity contribution in [1.29, 1.82) is 0 Å². The number of hydrogen-bond donors (Lipinski definition) is 4. The number of aliphatic hydroxyl groups is 1. The molecule has 0 amide bonds. The number of nitrogens with zero attached hydrogens (tertiary/aromatic N) is 1. The minimum absolute atomic E-state index is 0.372. The first-order valence-corrected chi connectivity index (χ1v) is 8.18. The number of carbonyl (C=O) groups is 1. The van der Waals surface area contributed by atoms with Crippen molar-refractivity contribution in [2.24, 2.45) is 16.6 Å². The van der Waals surface area contributed by atoms with Crippen LogP contribution in [0.4, 0.5) is 0 Å². The van der Waals surface area contributed by atoms with Gasteiger partial charge in [-0.3, -0.25) is 5.32 Å². The van der Waals surface area contributed by atoms with Crippen molar-refractivity contribution in [3.05, 3.63) is 0 Å². The zero-order chi connectivity index (χ0) is 16.8. The first-order chi connectivity index (χ1) is 10.4. The molecule has 1 atom stereocenters. The first kappa shape index (κ1) is 20.7. The van der Waals surface area contributed by atoms with Crippen molar-refractivity contribution in [3.8, 4) is 0 Å². The maximum absolute atomic E-state index is 11.5. The average Bonchev–Trinajstić information content (AvgIpc) is 2.46. The highest BCUT2D eigenvalue weighted by atomic mass is 16.7. The predicted octanol–water partition coefficient (Wildman–Crippen LogP) is 1.55. The Morgan fingerprint density at radius 2 is 1.59 bits per heavy atom. The number of nitrogens with two attached hydrogens (primary N) is 2. The van der Waals surface area contributed by atoms with E-state index in [1.54, 1.807) is 0 Å². The van der Waals surface area contributed by atoms with Crippen LogP contribution in [0.5, 0.6) is 0 Å². The second kappa shape index (κ2) is 12.2. The number of rotatable bonds is 13. The maximum Gasteiger partial charge on any atom is 0.381 e. The van der Waals surface area contributed by atoms with Crippen LogP contribution < -0.4 is 16.8 Å². The van der Waals surface area contributed by atoms with Gasteiger partial charge in [0.2, 0.25) is 11.7 Å². The van der Waals surface area contributed by atoms with E-state index in [0.29, 0.717) is 6.54 Å². The number of hydrogen-bond acceptors (Lipinski definition) is 5. The van der Waals surface area contributed by atoms with Crippen LogP contribution in [0.15, 0.2) is 5.16 Å². The molecule has 0 rings (SSSR count). The number of oxime groups is 1. The average molecular weight is 316 g/mol. The Hall–Kier alpha value is -1.34. The van der Waals surface area contributed by atoms with E-state index in [1.807, 2.05) is 0 Å². The summed E-state index contributed by atoms with van der Waals surface area (Å²) < 4.78 is 0. The Bertz CT molecular complexity index is 329. The standard InChI is InChI=1S/C15H32N4O3/c1-3-4-5-6-7-8-9-10-11-12-18-15(2,21)13(20)22-19-14(16)17/h18,21H,3-12H2,1-2H3,(H4,16,17,19). The SMILES string of the molecule is CCCCCCCCCCCNC(C)(O)C(=O)ON=C(N)N. The number of guanidine groups is 1. The molecule has 0 saturated heterocycles. The van der Waals surface area contributed by atoms with Crippen molar-refractivity contribution >= 4 is 11.9 Å². The number of carbonyl (C=O) groups excluding carboxylic acids is 1. The molecule has 0 spiro atoms. The molecule has 1 unspecified atom stereocenters. The monoisotopic (exact) mass is 316 g/mol. The summed E-state index contributed by atoms with van der Waals surface area (Å²) in [6, 6.07) is 0. The van der Waals surface area contributed by atoms with Crippen molar-refractivity contribution in [1.82, 2.24) is 5.32 Å². The highest BCUT2D eigenvalue weighted by molar-refractivity contribution is 5.80. The largest absolute Gasteiger partial charge is 0.381 e. The highest BCUT2D eigenvalue weighted by Crippen LogP contribution is 2.09. The van der Waals surface area contributed by atoms with Gasteiger partial charge < -0.3 is 21.4 Å². The molecular formula is C15H32N4O3. The van der Waals surface area contributed by atoms with E-state index in [0.717, 1.165) is 12.8 Å². The van der Waals surface area contributed by atoms with Crippen molar-refractivity contribution in [3.63, 3.8) is 0 Å². The predicted molar refractivity (Wildman–Crippen MR) is 87.8 cm³/mol. The van der Waals surface area contributed by atoms with E-state index in [9.17, 15) is 9.90 Å². The summed E-state index contributed by atoms with van der Waals surface area (Å²) in [5, 5.41) is 15.7. The Balaban J connectivity index is 3.60. The lowest BCUT2D eigenvalue weighted by molar-refractivity contribution is -0.167. The van der Waals surface area contributed by atoms with Crippen molar-refractivity contribution < 1.29 is 14.7 Å². The van der Waals surface area contributed by atoms with Gasteiger partial charge in [0.05, 0.1) is 0 Å². The van der Waals surface area contributed by atoms with E-state index < -0.39 is 11.7 Å². The summed E-state index contributed by atoms with van der Waals surface area (Å²) >= 11 is 0. The fourth-order valence-electron chi connectivity index (χ4n) is 2.02. The van der Waals surface area contributed by atoms with Gasteiger partial charge in [-0.15, -0.1) is 0 Å². The second-order valence-electron chi connectivity index (χ2n) is 5.72. The summed E-state index contributed by atoms with van der Waals surface area (Å²) in [5.74, 6) is -1.31. The summed E-state index contributed by atoms with van der Waals surface area (Å²) in [5.41, 5.74) is 8.29. The molecule has 0 aromatic heterocycles. The molecule has 0 aliphatic heterocycles. The molecule has 0 heterocycles. The molecule has 0 fully saturated rings. The van der Waals surface area contributed by atoms with Crippen molar-refractivity contribution in [2.45, 2.75) is 77.4 Å². The van der Waals surface area contributed by atoms with Crippen LogP contribution in [-0.2, 0) is 9.63 Å². The number of unbranched alkanes of at least 4 members (excludes halogenated alkanes) is 8. The molecule has 0 aliphatic rings. The van der Waals surface area contributed by atoms with Gasteiger partial charge in [-0.25, -0.2) is 4.79 Å². The Kier molecular flexibility index (Phi) is 11.5. The third kappa shape index (κ3) is 11.3. The van der Waals surface area contributed by atoms with Crippen LogP contribution in [-0.4, -0.2) is 29.3 Å². The number of nitrogens with one attached hydrogen (secondary N) is 1. The Morgan fingerprint density at radius 1 is 1.09 bits per heavy atom. The van der Waals surface area contributed by atoms with E-state index in [-0.39, 0.29) is 5.96 Å². The van der Waals surface area contributed by atoms with Gasteiger partial charge in [-0.2, -0.15) is 0 Å². The van der Waals surface area contributed by atoms with Gasteiger partial charge in [0, 0.05) is 0 Å². The molecular weight excluding hydrogens is 284 g/mol. The molecule has 130 valence electrons. The van der Waals surface area contributed by atoms with Gasteiger partial charge in [0.15, 0.2) is 0 Å². The summed E-state index contributed by atoms with van der Waals surface area (Å²) in [6.07, 6.45) is 10.9. The summed E-state index contributed by atoms with van der Waals surface area (Å²) in [6.45, 7) is 4.06. The van der Waals surface area contributed by atoms with Crippen LogP contribution in [0.25, 0.3) is 0 Å². The molecule has 7 nitrogen and oxygen atoms in total. The van der Waals surface area contributed by atoms with Crippen LogP contribution in [0, 0.1) is 0 Å². The quantitative estimate of drug-likeness (QED) is 0.102. The lowest BCUT2D eigenvalue weighted by atomic mass is 10.1. The van der Waals surface area contributed by atoms with Crippen LogP contribution >= 0.6 is 0 Å². The topological polar surface area (TPSA) is 123 Å². The molecule has 0 aromatic rings. The van der Waals surface area contributed by atoms with Crippen LogP contribution in [0.3, 0.4) is 0 Å². The molecule has 0 bridgehead atoms. The van der Waals surface area contributed by atoms with Gasteiger partial charge >= 0.3 is 5.97 Å². The van der Waals surface area contributed by atoms with E-state index in [2.05, 4.69) is 22.2 Å². The molecule has 7 heteroatoms. The Morgan fingerprint density at radius 3 is 2.09 bits per heavy atom. The van der Waals surface area contributed by atoms with Crippen molar-refractivity contribution in [2.75, 3.05) is 6.54 Å².